The van der Waals surface area contributed by atoms with Crippen LogP contribution in [0.1, 0.15) is 37.2 Å². The summed E-state index contributed by atoms with van der Waals surface area (Å²) >= 11 is 0. The van der Waals surface area contributed by atoms with E-state index in [0.29, 0.717) is 5.92 Å². The Morgan fingerprint density at radius 1 is 1.17 bits per heavy atom. The Morgan fingerprint density at radius 2 is 1.89 bits per heavy atom. The standard InChI is InChI=1S/C15H21NO2/c1-16-14-4-2-3-13(11-14)12-5-7-15(8-6-12)17-9-10-18-15/h2-4,11-12,16H,5-10H2,1H3. The van der Waals surface area contributed by atoms with Crippen LogP contribution in [0.15, 0.2) is 24.3 Å². The van der Waals surface area contributed by atoms with Crippen molar-refractivity contribution in [2.45, 2.75) is 37.4 Å². The summed E-state index contributed by atoms with van der Waals surface area (Å²) in [4.78, 5) is 0. The lowest BCUT2D eigenvalue weighted by atomic mass is 9.81. The maximum absolute atomic E-state index is 5.78. The van der Waals surface area contributed by atoms with Gasteiger partial charge in [-0.15, -0.1) is 0 Å². The van der Waals surface area contributed by atoms with Gasteiger partial charge in [0.2, 0.25) is 0 Å². The normalized spacial score (nSPS) is 23.4. The first-order valence-corrected chi connectivity index (χ1v) is 6.87. The van der Waals surface area contributed by atoms with Gasteiger partial charge >= 0.3 is 0 Å². The average molecular weight is 247 g/mol. The van der Waals surface area contributed by atoms with Crippen LogP contribution in [0.5, 0.6) is 0 Å². The summed E-state index contributed by atoms with van der Waals surface area (Å²) in [6.45, 7) is 1.53. The second kappa shape index (κ2) is 4.90. The lowest BCUT2D eigenvalue weighted by molar-refractivity contribution is -0.178. The van der Waals surface area contributed by atoms with Crippen LogP contribution in [-0.2, 0) is 9.47 Å². The molecular formula is C15H21NO2. The molecule has 1 saturated carbocycles. The van der Waals surface area contributed by atoms with Crippen molar-refractivity contribution in [3.63, 3.8) is 0 Å². The average Bonchev–Trinajstić information content (AvgIpc) is 2.88. The van der Waals surface area contributed by atoms with E-state index >= 15 is 0 Å². The summed E-state index contributed by atoms with van der Waals surface area (Å²) in [7, 11) is 1.97. The zero-order chi connectivity index (χ0) is 12.4. The predicted octanol–water partition coefficient (Wildman–Crippen LogP) is 3.13. The molecule has 1 aliphatic carbocycles. The first kappa shape index (κ1) is 12.0. The third-order valence-corrected chi connectivity index (χ3v) is 4.21. The van der Waals surface area contributed by atoms with Crippen LogP contribution < -0.4 is 5.32 Å². The van der Waals surface area contributed by atoms with Gasteiger partial charge in [0.15, 0.2) is 5.79 Å². The van der Waals surface area contributed by atoms with Gasteiger partial charge in [-0.3, -0.25) is 0 Å². The van der Waals surface area contributed by atoms with E-state index in [4.69, 9.17) is 9.47 Å². The highest BCUT2D eigenvalue weighted by molar-refractivity contribution is 5.46. The molecule has 1 aliphatic heterocycles. The molecule has 1 aromatic rings. The molecule has 0 bridgehead atoms. The summed E-state index contributed by atoms with van der Waals surface area (Å²) in [6.07, 6.45) is 4.38. The maximum atomic E-state index is 5.78. The van der Waals surface area contributed by atoms with Gasteiger partial charge in [-0.05, 0) is 36.5 Å². The van der Waals surface area contributed by atoms with E-state index in [-0.39, 0.29) is 5.79 Å². The predicted molar refractivity (Wildman–Crippen MR) is 71.8 cm³/mol. The van der Waals surface area contributed by atoms with Crippen LogP contribution in [0.2, 0.25) is 0 Å². The molecule has 3 nitrogen and oxygen atoms in total. The van der Waals surface area contributed by atoms with E-state index in [1.54, 1.807) is 0 Å². The summed E-state index contributed by atoms with van der Waals surface area (Å²) in [5.74, 6) is 0.411. The Kier molecular flexibility index (Phi) is 3.27. The molecule has 2 fully saturated rings. The fourth-order valence-electron chi connectivity index (χ4n) is 3.12. The van der Waals surface area contributed by atoms with Gasteiger partial charge in [0.1, 0.15) is 0 Å². The third kappa shape index (κ3) is 2.25. The minimum atomic E-state index is -0.239. The molecule has 98 valence electrons. The van der Waals surface area contributed by atoms with Crippen LogP contribution in [0.4, 0.5) is 5.69 Å². The van der Waals surface area contributed by atoms with Crippen LogP contribution in [-0.4, -0.2) is 26.0 Å². The monoisotopic (exact) mass is 247 g/mol. The highest BCUT2D eigenvalue weighted by atomic mass is 16.7. The number of hydrogen-bond donors (Lipinski definition) is 1. The molecule has 0 atom stereocenters. The van der Waals surface area contributed by atoms with Crippen molar-refractivity contribution >= 4 is 5.69 Å². The van der Waals surface area contributed by atoms with Crippen molar-refractivity contribution in [1.29, 1.82) is 0 Å². The van der Waals surface area contributed by atoms with Crippen LogP contribution in [0.3, 0.4) is 0 Å². The Bertz CT molecular complexity index is 403. The number of nitrogens with one attached hydrogen (secondary N) is 1. The molecule has 3 heteroatoms. The molecule has 1 saturated heterocycles. The molecule has 0 aromatic heterocycles. The number of ether oxygens (including phenoxy) is 2. The lowest BCUT2D eigenvalue weighted by Gasteiger charge is -2.35. The van der Waals surface area contributed by atoms with Gasteiger partial charge < -0.3 is 14.8 Å². The van der Waals surface area contributed by atoms with Gasteiger partial charge in [-0.2, -0.15) is 0 Å². The number of benzene rings is 1. The molecular weight excluding hydrogens is 226 g/mol. The highest BCUT2D eigenvalue weighted by Crippen LogP contribution is 2.42. The fraction of sp³-hybridized carbons (Fsp3) is 0.600. The minimum absolute atomic E-state index is 0.239. The lowest BCUT2D eigenvalue weighted by Crippen LogP contribution is -2.34. The van der Waals surface area contributed by atoms with Gasteiger partial charge in [0.25, 0.3) is 0 Å². The van der Waals surface area contributed by atoms with Crippen molar-refractivity contribution in [2.24, 2.45) is 0 Å². The van der Waals surface area contributed by atoms with E-state index in [1.165, 1.54) is 11.3 Å². The summed E-state index contributed by atoms with van der Waals surface area (Å²) < 4.78 is 11.6. The minimum Gasteiger partial charge on any atom is -0.388 e. The molecule has 0 radical (unpaired) electrons. The zero-order valence-corrected chi connectivity index (χ0v) is 10.9. The smallest absolute Gasteiger partial charge is 0.168 e. The largest absolute Gasteiger partial charge is 0.388 e. The summed E-state index contributed by atoms with van der Waals surface area (Å²) in [5, 5.41) is 3.21. The third-order valence-electron chi connectivity index (χ3n) is 4.21. The van der Waals surface area contributed by atoms with E-state index in [9.17, 15) is 0 Å². The molecule has 1 N–H and O–H groups in total. The second-order valence-corrected chi connectivity index (χ2v) is 5.26. The van der Waals surface area contributed by atoms with E-state index in [2.05, 4.69) is 29.6 Å². The summed E-state index contributed by atoms with van der Waals surface area (Å²) in [5.41, 5.74) is 2.64. The van der Waals surface area contributed by atoms with E-state index in [1.807, 2.05) is 7.05 Å². The number of hydrogen-bond acceptors (Lipinski definition) is 3. The number of anilines is 1. The second-order valence-electron chi connectivity index (χ2n) is 5.26. The van der Waals surface area contributed by atoms with Crippen LogP contribution in [0.25, 0.3) is 0 Å². The van der Waals surface area contributed by atoms with Crippen molar-refractivity contribution in [2.75, 3.05) is 25.6 Å². The topological polar surface area (TPSA) is 30.5 Å². The van der Waals surface area contributed by atoms with Crippen LogP contribution in [0, 0.1) is 0 Å². The molecule has 1 aromatic carbocycles. The SMILES string of the molecule is CNc1cccc(C2CCC3(CC2)OCCO3)c1. The van der Waals surface area contributed by atoms with Crippen LogP contribution >= 0.6 is 0 Å². The van der Waals surface area contributed by atoms with Gasteiger partial charge in [0, 0.05) is 25.6 Å². The van der Waals surface area contributed by atoms with Gasteiger partial charge in [0.05, 0.1) is 13.2 Å². The molecule has 3 rings (SSSR count). The highest BCUT2D eigenvalue weighted by Gasteiger charge is 2.40. The Balaban J connectivity index is 1.68. The Labute approximate surface area is 108 Å². The summed E-state index contributed by atoms with van der Waals surface area (Å²) in [6, 6.07) is 8.74. The fourth-order valence-corrected chi connectivity index (χ4v) is 3.12. The molecule has 0 amide bonds. The van der Waals surface area contributed by atoms with Crippen molar-refractivity contribution in [3.8, 4) is 0 Å². The van der Waals surface area contributed by atoms with E-state index < -0.39 is 0 Å². The molecule has 0 unspecified atom stereocenters. The Hall–Kier alpha value is -1.06. The molecule has 18 heavy (non-hydrogen) atoms. The molecule has 1 heterocycles. The maximum Gasteiger partial charge on any atom is 0.168 e. The van der Waals surface area contributed by atoms with Gasteiger partial charge in [-0.1, -0.05) is 12.1 Å². The van der Waals surface area contributed by atoms with Gasteiger partial charge in [-0.25, -0.2) is 0 Å². The molecule has 1 spiro atoms. The molecule has 2 aliphatic rings. The first-order valence-electron chi connectivity index (χ1n) is 6.87. The Morgan fingerprint density at radius 3 is 2.56 bits per heavy atom. The number of rotatable bonds is 2. The van der Waals surface area contributed by atoms with Crippen molar-refractivity contribution in [3.05, 3.63) is 29.8 Å². The first-order chi connectivity index (χ1) is 8.81. The van der Waals surface area contributed by atoms with Crippen molar-refractivity contribution in [1.82, 2.24) is 0 Å². The quantitative estimate of drug-likeness (QED) is 0.871. The zero-order valence-electron chi connectivity index (χ0n) is 10.9. The van der Waals surface area contributed by atoms with Crippen molar-refractivity contribution < 1.29 is 9.47 Å². The van der Waals surface area contributed by atoms with E-state index in [0.717, 1.165) is 38.9 Å².